The fourth-order valence-electron chi connectivity index (χ4n) is 1.57. The van der Waals surface area contributed by atoms with E-state index in [9.17, 15) is 0 Å². The Balaban J connectivity index is 2.12. The van der Waals surface area contributed by atoms with Gasteiger partial charge < -0.3 is 10.1 Å². The van der Waals surface area contributed by atoms with Gasteiger partial charge in [0, 0.05) is 19.8 Å². The molecule has 0 unspecified atom stereocenters. The first-order valence-corrected chi connectivity index (χ1v) is 6.23. The minimum absolute atomic E-state index is 0.818. The smallest absolute Gasteiger partial charge is 0.0477 e. The van der Waals surface area contributed by atoms with Crippen molar-refractivity contribution < 1.29 is 4.74 Å². The highest BCUT2D eigenvalue weighted by molar-refractivity contribution is 5.22. The molecule has 0 amide bonds. The summed E-state index contributed by atoms with van der Waals surface area (Å²) in [6, 6.07) is 8.82. The normalized spacial score (nSPS) is 10.6. The third-order valence-corrected chi connectivity index (χ3v) is 2.61. The molecule has 0 radical (unpaired) electrons. The van der Waals surface area contributed by atoms with E-state index in [4.69, 9.17) is 4.74 Å². The van der Waals surface area contributed by atoms with Crippen LogP contribution in [0.2, 0.25) is 0 Å². The summed E-state index contributed by atoms with van der Waals surface area (Å²) in [5.74, 6) is 0. The average Bonchev–Trinajstić information content (AvgIpc) is 2.34. The Hall–Kier alpha value is -0.860. The molecule has 0 aliphatic heterocycles. The molecule has 0 fully saturated rings. The van der Waals surface area contributed by atoms with Crippen molar-refractivity contribution in [1.29, 1.82) is 0 Å². The minimum Gasteiger partial charge on any atom is -0.382 e. The second-order valence-corrected chi connectivity index (χ2v) is 3.90. The summed E-state index contributed by atoms with van der Waals surface area (Å²) < 4.78 is 5.28. The fourth-order valence-corrected chi connectivity index (χ4v) is 1.57. The van der Waals surface area contributed by atoms with Crippen LogP contribution in [0.5, 0.6) is 0 Å². The lowest BCUT2D eigenvalue weighted by atomic mass is 10.1. The molecule has 0 aliphatic rings. The van der Waals surface area contributed by atoms with Crippen LogP contribution in [-0.2, 0) is 17.7 Å². The lowest BCUT2D eigenvalue weighted by Gasteiger charge is -2.05. The van der Waals surface area contributed by atoms with E-state index in [1.807, 2.05) is 6.92 Å². The Labute approximate surface area is 99.0 Å². The van der Waals surface area contributed by atoms with Gasteiger partial charge in [-0.05, 0) is 37.4 Å². The molecule has 0 saturated heterocycles. The summed E-state index contributed by atoms with van der Waals surface area (Å²) in [7, 11) is 0. The van der Waals surface area contributed by atoms with E-state index in [1.165, 1.54) is 11.1 Å². The third-order valence-electron chi connectivity index (χ3n) is 2.61. The molecule has 2 heteroatoms. The van der Waals surface area contributed by atoms with E-state index in [0.717, 1.165) is 39.1 Å². The van der Waals surface area contributed by atoms with Crippen LogP contribution in [0.4, 0.5) is 0 Å². The van der Waals surface area contributed by atoms with Crippen molar-refractivity contribution in [2.75, 3.05) is 19.8 Å². The monoisotopic (exact) mass is 221 g/mol. The van der Waals surface area contributed by atoms with Crippen LogP contribution in [0.15, 0.2) is 24.3 Å². The molecule has 0 aromatic heterocycles. The van der Waals surface area contributed by atoms with Crippen molar-refractivity contribution in [3.05, 3.63) is 35.4 Å². The molecule has 1 aromatic rings. The summed E-state index contributed by atoms with van der Waals surface area (Å²) in [5.41, 5.74) is 2.76. The number of aryl methyl sites for hydroxylation is 1. The van der Waals surface area contributed by atoms with Crippen molar-refractivity contribution in [2.24, 2.45) is 0 Å². The third kappa shape index (κ3) is 5.29. The van der Waals surface area contributed by atoms with Crippen LogP contribution < -0.4 is 5.32 Å². The fraction of sp³-hybridized carbons (Fsp3) is 0.571. The highest BCUT2D eigenvalue weighted by atomic mass is 16.5. The van der Waals surface area contributed by atoms with Crippen LogP contribution in [0.1, 0.15) is 31.4 Å². The number of benzene rings is 1. The number of hydrogen-bond acceptors (Lipinski definition) is 2. The molecule has 0 aliphatic carbocycles. The van der Waals surface area contributed by atoms with Gasteiger partial charge in [-0.25, -0.2) is 0 Å². The molecule has 0 heterocycles. The summed E-state index contributed by atoms with van der Waals surface area (Å²) in [6.45, 7) is 7.87. The van der Waals surface area contributed by atoms with E-state index in [0.29, 0.717) is 0 Å². The summed E-state index contributed by atoms with van der Waals surface area (Å²) in [6.07, 6.45) is 2.20. The molecule has 90 valence electrons. The van der Waals surface area contributed by atoms with Gasteiger partial charge >= 0.3 is 0 Å². The van der Waals surface area contributed by atoms with E-state index < -0.39 is 0 Å². The Kier molecular flexibility index (Phi) is 6.86. The Morgan fingerprint density at radius 1 is 1.06 bits per heavy atom. The van der Waals surface area contributed by atoms with Gasteiger partial charge in [0.2, 0.25) is 0 Å². The predicted molar refractivity (Wildman–Crippen MR) is 68.6 cm³/mol. The van der Waals surface area contributed by atoms with Gasteiger partial charge in [-0.2, -0.15) is 0 Å². The predicted octanol–water partition coefficient (Wildman–Crippen LogP) is 2.77. The van der Waals surface area contributed by atoms with Crippen LogP contribution in [-0.4, -0.2) is 19.8 Å². The maximum atomic E-state index is 5.28. The molecule has 1 rings (SSSR count). The maximum absolute atomic E-state index is 5.28. The van der Waals surface area contributed by atoms with Crippen molar-refractivity contribution in [1.82, 2.24) is 5.32 Å². The first-order valence-electron chi connectivity index (χ1n) is 6.23. The standard InChI is InChI=1S/C14H23NO/c1-3-13-6-8-14(9-7-13)12-15-10-5-11-16-4-2/h6-9,15H,3-5,10-12H2,1-2H3. The Morgan fingerprint density at radius 2 is 1.75 bits per heavy atom. The molecule has 1 aromatic carbocycles. The highest BCUT2D eigenvalue weighted by Crippen LogP contribution is 2.04. The second-order valence-electron chi connectivity index (χ2n) is 3.90. The van der Waals surface area contributed by atoms with E-state index in [1.54, 1.807) is 0 Å². The van der Waals surface area contributed by atoms with Gasteiger partial charge in [0.05, 0.1) is 0 Å². The average molecular weight is 221 g/mol. The highest BCUT2D eigenvalue weighted by Gasteiger charge is 1.93. The Bertz CT molecular complexity index is 269. The number of rotatable bonds is 8. The van der Waals surface area contributed by atoms with Gasteiger partial charge in [0.15, 0.2) is 0 Å². The molecule has 0 atom stereocenters. The van der Waals surface area contributed by atoms with Crippen molar-refractivity contribution in [2.45, 2.75) is 33.2 Å². The largest absolute Gasteiger partial charge is 0.382 e. The van der Waals surface area contributed by atoms with Gasteiger partial charge in [0.1, 0.15) is 0 Å². The first kappa shape index (κ1) is 13.2. The lowest BCUT2D eigenvalue weighted by Crippen LogP contribution is -2.16. The number of ether oxygens (including phenoxy) is 1. The van der Waals surface area contributed by atoms with Gasteiger partial charge in [-0.1, -0.05) is 31.2 Å². The van der Waals surface area contributed by atoms with Crippen molar-refractivity contribution in [3.63, 3.8) is 0 Å². The van der Waals surface area contributed by atoms with Crippen molar-refractivity contribution >= 4 is 0 Å². The first-order chi connectivity index (χ1) is 7.86. The number of hydrogen-bond donors (Lipinski definition) is 1. The second kappa shape index (κ2) is 8.31. The van der Waals surface area contributed by atoms with E-state index >= 15 is 0 Å². The lowest BCUT2D eigenvalue weighted by molar-refractivity contribution is 0.144. The molecular formula is C14H23NO. The topological polar surface area (TPSA) is 21.3 Å². The van der Waals surface area contributed by atoms with Crippen molar-refractivity contribution in [3.8, 4) is 0 Å². The molecule has 0 bridgehead atoms. The van der Waals surface area contributed by atoms with Crippen LogP contribution >= 0.6 is 0 Å². The molecule has 0 spiro atoms. The zero-order valence-corrected chi connectivity index (χ0v) is 10.5. The quantitative estimate of drug-likeness (QED) is 0.682. The van der Waals surface area contributed by atoms with E-state index in [-0.39, 0.29) is 0 Å². The van der Waals surface area contributed by atoms with Gasteiger partial charge in [-0.15, -0.1) is 0 Å². The van der Waals surface area contributed by atoms with E-state index in [2.05, 4.69) is 36.5 Å². The number of nitrogens with one attached hydrogen (secondary N) is 1. The molecule has 1 N–H and O–H groups in total. The molecule has 16 heavy (non-hydrogen) atoms. The maximum Gasteiger partial charge on any atom is 0.0477 e. The zero-order chi connectivity index (χ0) is 11.6. The molecular weight excluding hydrogens is 198 g/mol. The Morgan fingerprint density at radius 3 is 2.38 bits per heavy atom. The van der Waals surface area contributed by atoms with Gasteiger partial charge in [0.25, 0.3) is 0 Å². The summed E-state index contributed by atoms with van der Waals surface area (Å²) in [5, 5.41) is 3.42. The van der Waals surface area contributed by atoms with Crippen LogP contribution in [0, 0.1) is 0 Å². The van der Waals surface area contributed by atoms with Crippen LogP contribution in [0.25, 0.3) is 0 Å². The summed E-state index contributed by atoms with van der Waals surface area (Å²) >= 11 is 0. The molecule has 0 saturated carbocycles. The minimum atomic E-state index is 0.818. The van der Waals surface area contributed by atoms with Crippen LogP contribution in [0.3, 0.4) is 0 Å². The summed E-state index contributed by atoms with van der Waals surface area (Å²) in [4.78, 5) is 0. The van der Waals surface area contributed by atoms with Gasteiger partial charge in [-0.3, -0.25) is 0 Å². The zero-order valence-electron chi connectivity index (χ0n) is 10.5. The molecule has 2 nitrogen and oxygen atoms in total. The SMILES string of the molecule is CCOCCCNCc1ccc(CC)cc1.